The Hall–Kier alpha value is -4.00. The van der Waals surface area contributed by atoms with E-state index in [1.807, 2.05) is 0 Å². The van der Waals surface area contributed by atoms with Crippen LogP contribution in [0.3, 0.4) is 0 Å². The zero-order valence-corrected chi connectivity index (χ0v) is 26.5. The first kappa shape index (κ1) is 33.4. The van der Waals surface area contributed by atoms with Crippen molar-refractivity contribution in [2.24, 2.45) is 5.92 Å². The highest BCUT2D eigenvalue weighted by atomic mass is 16.5. The Morgan fingerprint density at radius 2 is 1.80 bits per heavy atom. The van der Waals surface area contributed by atoms with Crippen LogP contribution in [0.5, 0.6) is 17.2 Å². The second kappa shape index (κ2) is 13.0. The van der Waals surface area contributed by atoms with Gasteiger partial charge in [-0.1, -0.05) is 26.0 Å². The Kier molecular flexibility index (Phi) is 9.44. The van der Waals surface area contributed by atoms with Gasteiger partial charge >= 0.3 is 0 Å². The number of phenolic OH excluding ortho intramolecular Hbond substituents is 2. The van der Waals surface area contributed by atoms with E-state index in [-0.39, 0.29) is 76.4 Å². The summed E-state index contributed by atoms with van der Waals surface area (Å²) >= 11 is 0. The van der Waals surface area contributed by atoms with Crippen LogP contribution in [0.1, 0.15) is 108 Å². The van der Waals surface area contributed by atoms with E-state index in [1.165, 1.54) is 26.2 Å². The Bertz CT molecular complexity index is 1570. The van der Waals surface area contributed by atoms with E-state index in [0.717, 1.165) is 0 Å². The molecule has 3 aliphatic rings. The van der Waals surface area contributed by atoms with Gasteiger partial charge in [-0.15, -0.1) is 0 Å². The first-order valence-electron chi connectivity index (χ1n) is 15.8. The average Bonchev–Trinajstić information content (AvgIpc) is 3.03. The number of rotatable bonds is 9. The van der Waals surface area contributed by atoms with Crippen molar-refractivity contribution in [3.63, 3.8) is 0 Å². The number of methoxy groups -OCH3 is 1. The third-order valence-corrected chi connectivity index (χ3v) is 9.73. The lowest BCUT2D eigenvalue weighted by atomic mass is 9.69. The fourth-order valence-electron chi connectivity index (χ4n) is 7.14. The van der Waals surface area contributed by atoms with Gasteiger partial charge in [0.25, 0.3) is 0 Å². The predicted octanol–water partition coefficient (Wildman–Crippen LogP) is 2.59. The van der Waals surface area contributed by atoms with E-state index in [2.05, 4.69) is 10.6 Å². The van der Waals surface area contributed by atoms with Gasteiger partial charge < -0.3 is 40.5 Å². The maximum atomic E-state index is 13.9. The van der Waals surface area contributed by atoms with Gasteiger partial charge in [0.1, 0.15) is 23.3 Å². The van der Waals surface area contributed by atoms with Gasteiger partial charge in [0.2, 0.25) is 17.6 Å². The number of hydrogen-bond acceptors (Lipinski definition) is 10. The molecule has 0 aliphatic heterocycles. The van der Waals surface area contributed by atoms with Crippen LogP contribution in [-0.2, 0) is 20.7 Å². The molecular weight excluding hydrogens is 596 g/mol. The number of carbonyl (C=O) groups is 4. The number of carbonyl (C=O) groups excluding carboxylic acids is 4. The van der Waals surface area contributed by atoms with Crippen molar-refractivity contribution in [3.8, 4) is 17.2 Å². The zero-order chi connectivity index (χ0) is 33.5. The fraction of sp³-hybridized carbons (Fsp3) is 0.529. The molecule has 6 atom stereocenters. The molecule has 0 heterocycles. The molecule has 0 radical (unpaired) electrons. The highest BCUT2D eigenvalue weighted by Crippen LogP contribution is 2.53. The number of nitrogens with one attached hydrogen (secondary N) is 2. The smallest absolute Gasteiger partial charge is 0.242 e. The van der Waals surface area contributed by atoms with Crippen LogP contribution in [-0.4, -0.2) is 81.3 Å². The minimum atomic E-state index is -1.58. The Morgan fingerprint density at radius 1 is 1.09 bits per heavy atom. The van der Waals surface area contributed by atoms with Crippen molar-refractivity contribution in [3.05, 3.63) is 51.6 Å². The SMILES string of the molecule is CC[C@H](NC(C)=O)C(=O)NC1CCCC(O[C@H]2C[C@@](O)(C(C)CO)Cc3c(O)c4c(c(O)c32)C(=O)c2c(OC)cccc2C4=O)C1. The molecule has 1 fully saturated rings. The Labute approximate surface area is 267 Å². The summed E-state index contributed by atoms with van der Waals surface area (Å²) in [4.78, 5) is 52.0. The lowest BCUT2D eigenvalue weighted by Crippen LogP contribution is -2.50. The molecule has 2 aromatic carbocycles. The fourth-order valence-corrected chi connectivity index (χ4v) is 7.14. The second-order valence-corrected chi connectivity index (χ2v) is 12.7. The van der Waals surface area contributed by atoms with Crippen LogP contribution >= 0.6 is 0 Å². The van der Waals surface area contributed by atoms with E-state index in [0.29, 0.717) is 32.1 Å². The Morgan fingerprint density at radius 3 is 2.46 bits per heavy atom. The lowest BCUT2D eigenvalue weighted by molar-refractivity contribution is -0.130. The molecule has 2 aromatic rings. The number of ketones is 2. The van der Waals surface area contributed by atoms with Crippen LogP contribution in [0.15, 0.2) is 18.2 Å². The number of benzene rings is 2. The summed E-state index contributed by atoms with van der Waals surface area (Å²) < 4.78 is 11.9. The number of fused-ring (bicyclic) bond motifs is 3. The molecule has 0 bridgehead atoms. The predicted molar refractivity (Wildman–Crippen MR) is 165 cm³/mol. The molecule has 6 N–H and O–H groups in total. The molecule has 46 heavy (non-hydrogen) atoms. The molecule has 3 aliphatic carbocycles. The molecule has 0 saturated heterocycles. The van der Waals surface area contributed by atoms with Crippen molar-refractivity contribution in [2.75, 3.05) is 13.7 Å². The lowest BCUT2D eigenvalue weighted by Gasteiger charge is -2.44. The molecule has 1 saturated carbocycles. The minimum absolute atomic E-state index is 0.0215. The van der Waals surface area contributed by atoms with E-state index < -0.39 is 52.8 Å². The standard InChI is InChI=1S/C34H42N2O10/c1-5-22(35-17(3)38)33(43)36-18-8-6-9-19(12-18)46-24-14-34(44,16(2)15-37)13-21-26(24)32(42)28-27(30(21)40)29(39)20-10-7-11-23(45-4)25(20)31(28)41/h7,10-11,16,18-19,22,24,37,40,42,44H,5-6,8-9,12-15H2,1-4H3,(H,35,38)(H,36,43)/t16?,18?,19?,22-,24-,34+/m0/s1. The number of aliphatic hydroxyl groups excluding tert-OH is 1. The maximum Gasteiger partial charge on any atom is 0.242 e. The number of hydrogen-bond donors (Lipinski definition) is 6. The summed E-state index contributed by atoms with van der Waals surface area (Å²) in [6.07, 6.45) is 1.08. The van der Waals surface area contributed by atoms with Crippen LogP contribution < -0.4 is 15.4 Å². The molecule has 248 valence electrons. The highest BCUT2D eigenvalue weighted by molar-refractivity contribution is 6.31. The highest BCUT2D eigenvalue weighted by Gasteiger charge is 2.48. The number of aliphatic hydroxyl groups is 2. The quantitative estimate of drug-likeness (QED) is 0.190. The largest absolute Gasteiger partial charge is 0.507 e. The van der Waals surface area contributed by atoms with E-state index in [9.17, 15) is 39.6 Å². The summed E-state index contributed by atoms with van der Waals surface area (Å²) in [5, 5.41) is 50.8. The minimum Gasteiger partial charge on any atom is -0.507 e. The molecule has 2 amide bonds. The molecule has 5 rings (SSSR count). The molecule has 12 nitrogen and oxygen atoms in total. The van der Waals surface area contributed by atoms with Gasteiger partial charge in [0, 0.05) is 55.0 Å². The van der Waals surface area contributed by atoms with E-state index >= 15 is 0 Å². The summed E-state index contributed by atoms with van der Waals surface area (Å²) in [6, 6.07) is 3.60. The summed E-state index contributed by atoms with van der Waals surface area (Å²) in [6.45, 7) is 4.44. The zero-order valence-electron chi connectivity index (χ0n) is 26.5. The van der Waals surface area contributed by atoms with Crippen molar-refractivity contribution < 1.29 is 49.1 Å². The van der Waals surface area contributed by atoms with Gasteiger partial charge in [-0.05, 0) is 38.2 Å². The van der Waals surface area contributed by atoms with E-state index in [4.69, 9.17) is 9.47 Å². The summed E-state index contributed by atoms with van der Waals surface area (Å²) in [5.41, 5.74) is -2.11. The van der Waals surface area contributed by atoms with Crippen molar-refractivity contribution in [2.45, 2.75) is 95.6 Å². The normalized spacial score (nSPS) is 25.0. The molecule has 0 aromatic heterocycles. The van der Waals surface area contributed by atoms with Crippen molar-refractivity contribution in [1.29, 1.82) is 0 Å². The summed E-state index contributed by atoms with van der Waals surface area (Å²) in [7, 11) is 1.36. The third kappa shape index (κ3) is 5.85. The molecule has 12 heteroatoms. The summed E-state index contributed by atoms with van der Waals surface area (Å²) in [5.74, 6) is -3.51. The molecular formula is C34H42N2O10. The first-order valence-corrected chi connectivity index (χ1v) is 15.8. The molecule has 3 unspecified atom stereocenters. The second-order valence-electron chi connectivity index (χ2n) is 12.7. The average molecular weight is 639 g/mol. The van der Waals surface area contributed by atoms with Crippen LogP contribution in [0.2, 0.25) is 0 Å². The van der Waals surface area contributed by atoms with Crippen LogP contribution in [0, 0.1) is 5.92 Å². The van der Waals surface area contributed by atoms with Gasteiger partial charge in [0.15, 0.2) is 5.78 Å². The van der Waals surface area contributed by atoms with Crippen molar-refractivity contribution >= 4 is 23.4 Å². The molecule has 0 spiro atoms. The van der Waals surface area contributed by atoms with Crippen LogP contribution in [0.4, 0.5) is 0 Å². The van der Waals surface area contributed by atoms with Gasteiger partial charge in [-0.3, -0.25) is 19.2 Å². The van der Waals surface area contributed by atoms with Crippen LogP contribution in [0.25, 0.3) is 0 Å². The number of ether oxygens (including phenoxy) is 2. The number of amides is 2. The van der Waals surface area contributed by atoms with Gasteiger partial charge in [-0.2, -0.15) is 0 Å². The van der Waals surface area contributed by atoms with Gasteiger partial charge in [0.05, 0.1) is 41.6 Å². The Balaban J connectivity index is 1.52. The monoisotopic (exact) mass is 638 g/mol. The number of phenols is 2. The first-order chi connectivity index (χ1) is 21.8. The van der Waals surface area contributed by atoms with Crippen molar-refractivity contribution in [1.82, 2.24) is 10.6 Å². The topological polar surface area (TPSA) is 192 Å². The number of aromatic hydroxyl groups is 2. The van der Waals surface area contributed by atoms with E-state index in [1.54, 1.807) is 19.9 Å². The van der Waals surface area contributed by atoms with Gasteiger partial charge in [-0.25, -0.2) is 0 Å². The maximum absolute atomic E-state index is 13.9. The third-order valence-electron chi connectivity index (χ3n) is 9.73.